The van der Waals surface area contributed by atoms with E-state index in [0.717, 1.165) is 78.6 Å². The number of barbiturate groups is 1. The molecule has 3 aromatic carbocycles. The number of carbonyl (C=O) groups is 3. The van der Waals surface area contributed by atoms with Crippen molar-refractivity contribution in [1.29, 1.82) is 0 Å². The fraction of sp³-hybridized carbons (Fsp3) is 0.549. The standard InChI is InChI=1S/C51H72N2O6/c1-4-5-6-7-8-9-10-11-12-13-14-15-16-17-20-23-39-58-46-34-28-43(29-35-46)44-30-36-47(37-31-44)59-40-25-22-19-18-21-24-38-57-45-32-26-42(27-33-45)41-48-49(54)52(2)51(56)53(3)50(48)55/h26-37,41H,4-25,38-40H2,1-3H3. The van der Waals surface area contributed by atoms with Crippen LogP contribution >= 0.6 is 0 Å². The first-order valence-electron chi connectivity index (χ1n) is 22.9. The number of nitrogens with zero attached hydrogens (tertiary/aromatic N) is 2. The lowest BCUT2D eigenvalue weighted by molar-refractivity contribution is -0.134. The smallest absolute Gasteiger partial charge is 0.333 e. The summed E-state index contributed by atoms with van der Waals surface area (Å²) in [5.74, 6) is 1.38. The van der Waals surface area contributed by atoms with Crippen molar-refractivity contribution in [3.05, 3.63) is 83.9 Å². The Kier molecular flexibility index (Phi) is 22.3. The predicted octanol–water partition coefficient (Wildman–Crippen LogP) is 13.2. The van der Waals surface area contributed by atoms with Crippen LogP contribution in [-0.4, -0.2) is 61.6 Å². The Hall–Kier alpha value is -4.59. The van der Waals surface area contributed by atoms with Crippen LogP contribution in [0, 0.1) is 0 Å². The average molecular weight is 809 g/mol. The molecule has 1 heterocycles. The lowest BCUT2D eigenvalue weighted by atomic mass is 10.0. The lowest BCUT2D eigenvalue weighted by Gasteiger charge is -2.28. The van der Waals surface area contributed by atoms with E-state index in [4.69, 9.17) is 14.2 Å². The summed E-state index contributed by atoms with van der Waals surface area (Å²) >= 11 is 0. The highest BCUT2D eigenvalue weighted by Gasteiger charge is 2.37. The van der Waals surface area contributed by atoms with E-state index in [1.165, 1.54) is 128 Å². The molecule has 1 fully saturated rings. The molecule has 0 N–H and O–H groups in total. The van der Waals surface area contributed by atoms with Crippen molar-refractivity contribution < 1.29 is 28.6 Å². The lowest BCUT2D eigenvalue weighted by Crippen LogP contribution is -2.52. The van der Waals surface area contributed by atoms with E-state index < -0.39 is 17.8 Å². The molecule has 322 valence electrons. The van der Waals surface area contributed by atoms with Gasteiger partial charge in [0, 0.05) is 14.1 Å². The van der Waals surface area contributed by atoms with Crippen molar-refractivity contribution in [2.75, 3.05) is 33.9 Å². The zero-order chi connectivity index (χ0) is 41.9. The first-order valence-corrected chi connectivity index (χ1v) is 22.9. The highest BCUT2D eigenvalue weighted by Crippen LogP contribution is 2.26. The fourth-order valence-corrected chi connectivity index (χ4v) is 7.42. The van der Waals surface area contributed by atoms with Gasteiger partial charge in [-0.15, -0.1) is 0 Å². The second-order valence-electron chi connectivity index (χ2n) is 16.2. The first-order chi connectivity index (χ1) is 28.9. The van der Waals surface area contributed by atoms with Crippen molar-refractivity contribution in [1.82, 2.24) is 9.80 Å². The zero-order valence-electron chi connectivity index (χ0n) is 36.5. The number of likely N-dealkylation sites (N-methyl/N-ethyl adjacent to an activating group) is 2. The van der Waals surface area contributed by atoms with Gasteiger partial charge in [-0.2, -0.15) is 0 Å². The zero-order valence-corrected chi connectivity index (χ0v) is 36.5. The summed E-state index contributed by atoms with van der Waals surface area (Å²) in [5, 5.41) is 0. The van der Waals surface area contributed by atoms with E-state index in [1.54, 1.807) is 12.1 Å². The fourth-order valence-electron chi connectivity index (χ4n) is 7.42. The molecule has 59 heavy (non-hydrogen) atoms. The second kappa shape index (κ2) is 28.0. The summed E-state index contributed by atoms with van der Waals surface area (Å²) in [7, 11) is 2.73. The number of benzene rings is 3. The van der Waals surface area contributed by atoms with Crippen molar-refractivity contribution in [2.45, 2.75) is 148 Å². The Morgan fingerprint density at radius 3 is 1.02 bits per heavy atom. The van der Waals surface area contributed by atoms with E-state index >= 15 is 0 Å². The molecule has 1 aliphatic heterocycles. The Balaban J connectivity index is 0.955. The third kappa shape index (κ3) is 17.7. The predicted molar refractivity (Wildman–Crippen MR) is 241 cm³/mol. The number of amides is 4. The Morgan fingerprint density at radius 2 is 0.695 bits per heavy atom. The maximum atomic E-state index is 12.4. The molecule has 4 amide bonds. The van der Waals surface area contributed by atoms with E-state index in [9.17, 15) is 14.4 Å². The molecule has 0 unspecified atom stereocenters. The summed E-state index contributed by atoms with van der Waals surface area (Å²) in [6, 6.07) is 23.4. The molecule has 4 rings (SSSR count). The van der Waals surface area contributed by atoms with Crippen LogP contribution in [0.4, 0.5) is 4.79 Å². The van der Waals surface area contributed by atoms with Gasteiger partial charge in [0.15, 0.2) is 0 Å². The SMILES string of the molecule is CCCCCCCCCCCCCCCCCCOc1ccc(-c2ccc(OCCCCCCCCOc3ccc(C=C4C(=O)N(C)C(=O)N(C)C4=O)cc3)cc2)cc1. The van der Waals surface area contributed by atoms with Gasteiger partial charge >= 0.3 is 6.03 Å². The molecule has 0 saturated carbocycles. The molecular weight excluding hydrogens is 737 g/mol. The number of rotatable bonds is 31. The van der Waals surface area contributed by atoms with Gasteiger partial charge < -0.3 is 14.2 Å². The highest BCUT2D eigenvalue weighted by molar-refractivity contribution is 6.30. The number of urea groups is 1. The van der Waals surface area contributed by atoms with Crippen LogP contribution in [0.1, 0.15) is 154 Å². The topological polar surface area (TPSA) is 85.4 Å². The van der Waals surface area contributed by atoms with Crippen molar-refractivity contribution in [3.63, 3.8) is 0 Å². The van der Waals surface area contributed by atoms with Crippen LogP contribution in [0.2, 0.25) is 0 Å². The number of hydrogen-bond donors (Lipinski definition) is 0. The molecule has 3 aromatic rings. The summed E-state index contributed by atoms with van der Waals surface area (Å²) in [5.41, 5.74) is 3.00. The summed E-state index contributed by atoms with van der Waals surface area (Å²) in [6.45, 7) is 4.43. The van der Waals surface area contributed by atoms with Gasteiger partial charge in [-0.05, 0) is 78.4 Å². The molecule has 0 bridgehead atoms. The van der Waals surface area contributed by atoms with Gasteiger partial charge in [-0.3, -0.25) is 19.4 Å². The van der Waals surface area contributed by atoms with Crippen LogP contribution in [0.5, 0.6) is 17.2 Å². The van der Waals surface area contributed by atoms with Crippen molar-refractivity contribution >= 4 is 23.9 Å². The van der Waals surface area contributed by atoms with Gasteiger partial charge in [0.1, 0.15) is 22.8 Å². The molecule has 8 heteroatoms. The summed E-state index contributed by atoms with van der Waals surface area (Å²) in [4.78, 5) is 38.7. The van der Waals surface area contributed by atoms with E-state index in [0.29, 0.717) is 18.8 Å². The van der Waals surface area contributed by atoms with Gasteiger partial charge in [0.25, 0.3) is 11.8 Å². The van der Waals surface area contributed by atoms with E-state index in [-0.39, 0.29) is 5.57 Å². The highest BCUT2D eigenvalue weighted by atomic mass is 16.5. The molecule has 1 aliphatic rings. The number of imide groups is 2. The van der Waals surface area contributed by atoms with Crippen LogP contribution in [0.25, 0.3) is 17.2 Å². The normalized spacial score (nSPS) is 13.0. The van der Waals surface area contributed by atoms with Gasteiger partial charge in [-0.25, -0.2) is 4.79 Å². The van der Waals surface area contributed by atoms with Crippen LogP contribution in [0.3, 0.4) is 0 Å². The number of ether oxygens (including phenoxy) is 3. The molecule has 1 saturated heterocycles. The van der Waals surface area contributed by atoms with E-state index in [1.807, 2.05) is 12.1 Å². The molecule has 0 atom stereocenters. The monoisotopic (exact) mass is 809 g/mol. The quantitative estimate of drug-likeness (QED) is 0.0366. The molecule has 8 nitrogen and oxygen atoms in total. The number of unbranched alkanes of at least 4 members (excludes halogenated alkanes) is 20. The van der Waals surface area contributed by atoms with Crippen molar-refractivity contribution in [3.8, 4) is 28.4 Å². The Bertz CT molecular complexity index is 1640. The maximum absolute atomic E-state index is 12.4. The minimum absolute atomic E-state index is 0.0394. The van der Waals surface area contributed by atoms with Crippen LogP contribution < -0.4 is 14.2 Å². The van der Waals surface area contributed by atoms with Crippen LogP contribution in [0.15, 0.2) is 78.4 Å². The molecule has 0 aliphatic carbocycles. The van der Waals surface area contributed by atoms with Crippen LogP contribution in [-0.2, 0) is 9.59 Å². The maximum Gasteiger partial charge on any atom is 0.333 e. The minimum atomic E-state index is -0.633. The number of carbonyl (C=O) groups excluding carboxylic acids is 3. The largest absolute Gasteiger partial charge is 0.494 e. The minimum Gasteiger partial charge on any atom is -0.494 e. The third-order valence-corrected chi connectivity index (χ3v) is 11.2. The number of hydrogen-bond acceptors (Lipinski definition) is 6. The summed E-state index contributed by atoms with van der Waals surface area (Å²) in [6.07, 6.45) is 30.1. The van der Waals surface area contributed by atoms with Gasteiger partial charge in [0.2, 0.25) is 0 Å². The molecule has 0 aromatic heterocycles. The summed E-state index contributed by atoms with van der Waals surface area (Å²) < 4.78 is 17.9. The Labute approximate surface area is 355 Å². The molecule has 0 spiro atoms. The molecule has 0 radical (unpaired) electrons. The molecular formula is C51H72N2O6. The third-order valence-electron chi connectivity index (χ3n) is 11.2. The Morgan fingerprint density at radius 1 is 0.407 bits per heavy atom. The van der Waals surface area contributed by atoms with E-state index in [2.05, 4.69) is 55.5 Å². The average Bonchev–Trinajstić information content (AvgIpc) is 3.26. The second-order valence-corrected chi connectivity index (χ2v) is 16.2. The van der Waals surface area contributed by atoms with Crippen molar-refractivity contribution in [2.24, 2.45) is 0 Å². The van der Waals surface area contributed by atoms with Gasteiger partial charge in [0.05, 0.1) is 19.8 Å². The van der Waals surface area contributed by atoms with Gasteiger partial charge in [-0.1, -0.05) is 165 Å². The first kappa shape index (κ1) is 47.1.